The highest BCUT2D eigenvalue weighted by molar-refractivity contribution is 5.79. The van der Waals surface area contributed by atoms with Crippen molar-refractivity contribution in [2.75, 3.05) is 20.0 Å². The highest BCUT2D eigenvalue weighted by Gasteiger charge is 2.44. The van der Waals surface area contributed by atoms with Crippen LogP contribution in [0.2, 0.25) is 0 Å². The van der Waals surface area contributed by atoms with Gasteiger partial charge >= 0.3 is 0 Å². The lowest BCUT2D eigenvalue weighted by Crippen LogP contribution is -2.60. The molecule has 3 rings (SSSR count). The van der Waals surface area contributed by atoms with Crippen molar-refractivity contribution in [2.24, 2.45) is 0 Å². The number of aliphatic hydroxyl groups is 6. The number of amides is 1. The van der Waals surface area contributed by atoms with Gasteiger partial charge in [0.15, 0.2) is 17.8 Å². The van der Waals surface area contributed by atoms with Crippen LogP contribution in [0.5, 0.6) is 11.5 Å². The fraction of sp³-hybridized carbons (Fsp3) is 0.788. The van der Waals surface area contributed by atoms with Crippen LogP contribution in [0.25, 0.3) is 0 Å². The van der Waals surface area contributed by atoms with E-state index in [2.05, 4.69) is 12.2 Å². The van der Waals surface area contributed by atoms with Gasteiger partial charge in [0.2, 0.25) is 12.7 Å². The number of carbonyl (C=O) groups is 1. The Hall–Kier alpha value is -2.03. The highest BCUT2D eigenvalue weighted by Crippen LogP contribution is 2.32. The van der Waals surface area contributed by atoms with E-state index in [9.17, 15) is 35.4 Å². The summed E-state index contributed by atoms with van der Waals surface area (Å²) in [6.45, 7) is 1.32. The van der Waals surface area contributed by atoms with Crippen LogP contribution in [0.15, 0.2) is 18.2 Å². The normalized spacial score (nSPS) is 24.7. The molecule has 258 valence electrons. The summed E-state index contributed by atoms with van der Waals surface area (Å²) in [5.41, 5.74) is 0.650. The Kier molecular flexibility index (Phi) is 16.8. The van der Waals surface area contributed by atoms with Crippen LogP contribution in [0.4, 0.5) is 0 Å². The number of hydrogen-bond acceptors (Lipinski definition) is 11. The molecule has 0 saturated carbocycles. The zero-order valence-electron chi connectivity index (χ0n) is 26.6. The minimum atomic E-state index is -1.64. The zero-order chi connectivity index (χ0) is 32.6. The summed E-state index contributed by atoms with van der Waals surface area (Å²) in [7, 11) is 0. The first-order chi connectivity index (χ1) is 21.7. The Labute approximate surface area is 266 Å². The molecule has 0 bridgehead atoms. The Morgan fingerprint density at radius 2 is 1.51 bits per heavy atom. The van der Waals surface area contributed by atoms with Crippen LogP contribution < -0.4 is 14.8 Å². The standard InChI is InChI=1S/C33H55NO11/c1-2-3-4-5-6-7-8-9-10-11-12-13-14-24(36)29(38)23(20-42-33-32(41)31(40)30(39)27(19-35)45-33)34-28(37)18-22-15-16-25-26(17-22)44-21-43-25/h15-17,23-24,27,29-33,35-36,38-41H,2-14,18-21H2,1H3,(H,34,37)/t23-,24+,27+,29-,30-,31-,32+,33-/m0/s1. The van der Waals surface area contributed by atoms with E-state index in [4.69, 9.17) is 18.9 Å². The van der Waals surface area contributed by atoms with Gasteiger partial charge in [0, 0.05) is 0 Å². The third-order valence-corrected chi connectivity index (χ3v) is 8.60. The number of unbranched alkanes of at least 4 members (excludes halogenated alkanes) is 11. The molecule has 0 aromatic heterocycles. The Morgan fingerprint density at radius 3 is 2.16 bits per heavy atom. The fourth-order valence-electron chi connectivity index (χ4n) is 5.76. The van der Waals surface area contributed by atoms with E-state index in [1.54, 1.807) is 18.2 Å². The molecule has 45 heavy (non-hydrogen) atoms. The lowest BCUT2D eigenvalue weighted by atomic mass is 9.98. The summed E-state index contributed by atoms with van der Waals surface area (Å²) in [6, 6.07) is 4.04. The minimum Gasteiger partial charge on any atom is -0.454 e. The smallest absolute Gasteiger partial charge is 0.231 e. The predicted octanol–water partition coefficient (Wildman–Crippen LogP) is 2.07. The van der Waals surface area contributed by atoms with E-state index in [1.165, 1.54) is 51.4 Å². The Morgan fingerprint density at radius 1 is 0.889 bits per heavy atom. The first kappa shape index (κ1) is 37.4. The number of carbonyl (C=O) groups excluding carboxylic acids is 1. The molecule has 0 spiro atoms. The van der Waals surface area contributed by atoms with E-state index in [1.807, 2.05) is 0 Å². The van der Waals surface area contributed by atoms with Gasteiger partial charge in [-0.05, 0) is 24.1 Å². The number of hydrogen-bond donors (Lipinski definition) is 7. The second kappa shape index (κ2) is 20.3. The van der Waals surface area contributed by atoms with Crippen molar-refractivity contribution in [3.63, 3.8) is 0 Å². The highest BCUT2D eigenvalue weighted by atomic mass is 16.7. The van der Waals surface area contributed by atoms with Gasteiger partial charge in [-0.1, -0.05) is 90.0 Å². The average molecular weight is 642 g/mol. The predicted molar refractivity (Wildman–Crippen MR) is 166 cm³/mol. The number of aliphatic hydroxyl groups excluding tert-OH is 6. The summed E-state index contributed by atoms with van der Waals surface area (Å²) in [6.07, 6.45) is 4.35. The molecule has 0 aliphatic carbocycles. The Bertz CT molecular complexity index is 980. The van der Waals surface area contributed by atoms with Gasteiger partial charge in [0.25, 0.3) is 0 Å². The fourth-order valence-corrected chi connectivity index (χ4v) is 5.76. The van der Waals surface area contributed by atoms with E-state index < -0.39 is 61.5 Å². The van der Waals surface area contributed by atoms with Gasteiger partial charge in [0.05, 0.1) is 31.8 Å². The summed E-state index contributed by atoms with van der Waals surface area (Å²) in [5, 5.41) is 64.6. The van der Waals surface area contributed by atoms with E-state index in [-0.39, 0.29) is 19.8 Å². The molecule has 7 N–H and O–H groups in total. The van der Waals surface area contributed by atoms with Gasteiger partial charge in [-0.2, -0.15) is 0 Å². The number of fused-ring (bicyclic) bond motifs is 1. The summed E-state index contributed by atoms with van der Waals surface area (Å²) >= 11 is 0. The third kappa shape index (κ3) is 12.3. The molecule has 1 fully saturated rings. The van der Waals surface area contributed by atoms with Gasteiger partial charge < -0.3 is 54.9 Å². The van der Waals surface area contributed by atoms with Crippen LogP contribution in [-0.2, 0) is 20.7 Å². The maximum Gasteiger partial charge on any atom is 0.231 e. The lowest BCUT2D eigenvalue weighted by molar-refractivity contribution is -0.303. The van der Waals surface area contributed by atoms with Gasteiger partial charge in [-0.15, -0.1) is 0 Å². The third-order valence-electron chi connectivity index (χ3n) is 8.60. The molecule has 1 aromatic rings. The molecule has 0 radical (unpaired) electrons. The van der Waals surface area contributed by atoms with Crippen LogP contribution in [0.3, 0.4) is 0 Å². The number of rotatable bonds is 22. The topological polar surface area (TPSA) is 187 Å². The van der Waals surface area contributed by atoms with Gasteiger partial charge in [0.1, 0.15) is 30.5 Å². The lowest BCUT2D eigenvalue weighted by Gasteiger charge is -2.40. The van der Waals surface area contributed by atoms with E-state index in [0.717, 1.165) is 19.3 Å². The minimum absolute atomic E-state index is 0.0469. The monoisotopic (exact) mass is 641 g/mol. The SMILES string of the molecule is CCCCCCCCCCCCCC[C@@H](O)[C@@H](O)[C@H](CO[C@H]1O[C@H](CO)[C@H](O)[C@H](O)[C@H]1O)NC(=O)Cc1ccc2c(c1)OCO2. The van der Waals surface area contributed by atoms with Crippen molar-refractivity contribution in [1.82, 2.24) is 5.32 Å². The van der Waals surface area contributed by atoms with Crippen molar-refractivity contribution in [1.29, 1.82) is 0 Å². The molecular weight excluding hydrogens is 586 g/mol. The van der Waals surface area contributed by atoms with Crippen molar-refractivity contribution < 1.29 is 54.4 Å². The van der Waals surface area contributed by atoms with Crippen molar-refractivity contribution >= 4 is 5.91 Å². The van der Waals surface area contributed by atoms with Crippen LogP contribution >= 0.6 is 0 Å². The summed E-state index contributed by atoms with van der Waals surface area (Å²) in [5.74, 6) is 0.662. The van der Waals surface area contributed by atoms with Crippen LogP contribution in [-0.4, -0.2) is 106 Å². The molecule has 1 amide bonds. The maximum absolute atomic E-state index is 13.0. The van der Waals surface area contributed by atoms with Gasteiger partial charge in [-0.25, -0.2) is 0 Å². The molecule has 1 saturated heterocycles. The molecule has 8 atom stereocenters. The van der Waals surface area contributed by atoms with Crippen LogP contribution in [0.1, 0.15) is 96.0 Å². The van der Waals surface area contributed by atoms with Crippen molar-refractivity contribution in [3.8, 4) is 11.5 Å². The molecule has 12 heteroatoms. The average Bonchev–Trinajstić information content (AvgIpc) is 3.50. The summed E-state index contributed by atoms with van der Waals surface area (Å²) < 4.78 is 21.7. The van der Waals surface area contributed by atoms with Crippen molar-refractivity contribution in [2.45, 2.75) is 146 Å². The molecule has 2 aliphatic rings. The number of ether oxygens (including phenoxy) is 4. The molecule has 2 heterocycles. The Balaban J connectivity index is 1.48. The van der Waals surface area contributed by atoms with Gasteiger partial charge in [-0.3, -0.25) is 4.79 Å². The van der Waals surface area contributed by atoms with Crippen molar-refractivity contribution in [3.05, 3.63) is 23.8 Å². The van der Waals surface area contributed by atoms with E-state index in [0.29, 0.717) is 29.9 Å². The zero-order valence-corrected chi connectivity index (χ0v) is 26.6. The first-order valence-electron chi connectivity index (χ1n) is 16.7. The largest absolute Gasteiger partial charge is 0.454 e. The second-order valence-corrected chi connectivity index (χ2v) is 12.3. The molecule has 1 aromatic carbocycles. The van der Waals surface area contributed by atoms with E-state index >= 15 is 0 Å². The van der Waals surface area contributed by atoms with Crippen LogP contribution in [0, 0.1) is 0 Å². The number of benzene rings is 1. The second-order valence-electron chi connectivity index (χ2n) is 12.3. The number of nitrogens with one attached hydrogen (secondary N) is 1. The first-order valence-corrected chi connectivity index (χ1v) is 16.7. The molecular formula is C33H55NO11. The molecule has 12 nitrogen and oxygen atoms in total. The molecule has 0 unspecified atom stereocenters. The molecule has 2 aliphatic heterocycles. The maximum atomic E-state index is 13.0. The quantitative estimate of drug-likeness (QED) is 0.0919. The summed E-state index contributed by atoms with van der Waals surface area (Å²) in [4.78, 5) is 13.0.